The molecule has 3 aromatic rings. The number of anilines is 2. The highest BCUT2D eigenvalue weighted by Gasteiger charge is 2.26. The van der Waals surface area contributed by atoms with Crippen molar-refractivity contribution < 1.29 is 10.6 Å². The van der Waals surface area contributed by atoms with Crippen LogP contribution in [0.4, 0.5) is 16.0 Å². The van der Waals surface area contributed by atoms with Crippen molar-refractivity contribution in [3.8, 4) is 5.69 Å². The molecular formula is C23H29FN8O. The van der Waals surface area contributed by atoms with Crippen molar-refractivity contribution >= 4 is 23.4 Å². The van der Waals surface area contributed by atoms with Crippen LogP contribution in [0, 0.1) is 24.1 Å². The number of nitrogens with zero attached hydrogens (tertiary/aromatic N) is 4. The Hall–Kier alpha value is -3.63. The summed E-state index contributed by atoms with van der Waals surface area (Å²) in [7, 11) is 0. The number of aromatic nitrogens is 3. The highest BCUT2D eigenvalue weighted by molar-refractivity contribution is 6.04. The van der Waals surface area contributed by atoms with Crippen LogP contribution in [0.1, 0.15) is 55.6 Å². The van der Waals surface area contributed by atoms with E-state index in [9.17, 15) is 9.18 Å². The van der Waals surface area contributed by atoms with Gasteiger partial charge in [-0.3, -0.25) is 16.0 Å². The largest absolute Gasteiger partial charge is 0.306 e. The highest BCUT2D eigenvalue weighted by Crippen LogP contribution is 2.39. The third-order valence-corrected chi connectivity index (χ3v) is 5.53. The quantitative estimate of drug-likeness (QED) is 0.186. The van der Waals surface area contributed by atoms with Gasteiger partial charge in [-0.2, -0.15) is 5.53 Å². The van der Waals surface area contributed by atoms with Crippen molar-refractivity contribution in [3.05, 3.63) is 65.5 Å². The van der Waals surface area contributed by atoms with Crippen molar-refractivity contribution in [1.82, 2.24) is 20.1 Å². The van der Waals surface area contributed by atoms with E-state index in [1.54, 1.807) is 31.5 Å². The Kier molecular flexibility index (Phi) is 6.21. The molecule has 0 atom stereocenters. The van der Waals surface area contributed by atoms with E-state index in [4.69, 9.17) is 11.3 Å². The fourth-order valence-corrected chi connectivity index (χ4v) is 3.49. The highest BCUT2D eigenvalue weighted by atomic mass is 19.1. The van der Waals surface area contributed by atoms with Crippen LogP contribution < -0.4 is 21.7 Å². The standard InChI is InChI=1S/C23H27FN8O.H2/c1-13(2)22(25)32(30-26)21-6-4-5-20(28-21)29-23(33)16-10-19(14(3)9-17(16)24)31-11-18(27-12-31)15-7-8-15;/h4-6,9-13,15,25,30H,7-8,26H2,1-3H3,(H,28,29,33);1H. The zero-order valence-electron chi connectivity index (χ0n) is 18.8. The summed E-state index contributed by atoms with van der Waals surface area (Å²) in [6.45, 7) is 5.49. The van der Waals surface area contributed by atoms with Crippen LogP contribution in [0.25, 0.3) is 5.69 Å². The molecule has 0 radical (unpaired) electrons. The van der Waals surface area contributed by atoms with Gasteiger partial charge in [0.2, 0.25) is 0 Å². The Morgan fingerprint density at radius 2 is 2.12 bits per heavy atom. The number of imidazole rings is 1. The van der Waals surface area contributed by atoms with E-state index in [0.717, 1.165) is 18.5 Å². The maximum atomic E-state index is 14.7. The smallest absolute Gasteiger partial charge is 0.259 e. The van der Waals surface area contributed by atoms with Crippen LogP contribution in [0.15, 0.2) is 42.9 Å². The van der Waals surface area contributed by atoms with E-state index < -0.39 is 11.7 Å². The molecule has 1 aliphatic carbocycles. The molecule has 9 nitrogen and oxygen atoms in total. The molecule has 1 amide bonds. The van der Waals surface area contributed by atoms with Crippen LogP contribution in [-0.4, -0.2) is 26.3 Å². The molecule has 1 fully saturated rings. The Labute approximate surface area is 192 Å². The summed E-state index contributed by atoms with van der Waals surface area (Å²) in [5, 5.41) is 12.1. The minimum Gasteiger partial charge on any atom is -0.306 e. The molecule has 0 spiro atoms. The SMILES string of the molecule is Cc1cc(F)c(C(=O)Nc2cccc(N(NN)C(=N)C(C)C)n2)cc1-n1cnc(C2CC2)c1.[HH]. The molecule has 33 heavy (non-hydrogen) atoms. The van der Waals surface area contributed by atoms with Crippen molar-refractivity contribution in [2.24, 2.45) is 11.8 Å². The summed E-state index contributed by atoms with van der Waals surface area (Å²) < 4.78 is 16.6. The minimum atomic E-state index is -0.632. The number of carbonyl (C=O) groups excluding carboxylic acids is 1. The molecule has 2 heterocycles. The number of hydrogen-bond donors (Lipinski definition) is 4. The number of pyridine rings is 1. The first-order valence-electron chi connectivity index (χ1n) is 10.8. The molecule has 174 valence electrons. The number of amides is 1. The summed E-state index contributed by atoms with van der Waals surface area (Å²) in [5.74, 6) is 5.43. The van der Waals surface area contributed by atoms with Gasteiger partial charge in [0.05, 0.1) is 23.3 Å². The maximum absolute atomic E-state index is 14.7. The number of halogens is 1. The zero-order chi connectivity index (χ0) is 23.7. The minimum absolute atomic E-state index is 0. The number of amidine groups is 1. The van der Waals surface area contributed by atoms with Gasteiger partial charge in [-0.05, 0) is 49.6 Å². The van der Waals surface area contributed by atoms with Crippen LogP contribution >= 0.6 is 0 Å². The van der Waals surface area contributed by atoms with Crippen LogP contribution in [-0.2, 0) is 0 Å². The Balaban J connectivity index is 0.00000324. The lowest BCUT2D eigenvalue weighted by molar-refractivity contribution is 0.102. The third-order valence-electron chi connectivity index (χ3n) is 5.53. The monoisotopic (exact) mass is 452 g/mol. The van der Waals surface area contributed by atoms with Crippen LogP contribution in [0.5, 0.6) is 0 Å². The Morgan fingerprint density at radius 1 is 1.36 bits per heavy atom. The summed E-state index contributed by atoms with van der Waals surface area (Å²) >= 11 is 0. The van der Waals surface area contributed by atoms with Crippen LogP contribution in [0.2, 0.25) is 0 Å². The van der Waals surface area contributed by atoms with E-state index in [2.05, 4.69) is 20.8 Å². The van der Waals surface area contributed by atoms with Gasteiger partial charge in [-0.15, -0.1) is 0 Å². The average molecular weight is 453 g/mol. The Morgan fingerprint density at radius 3 is 2.79 bits per heavy atom. The molecule has 4 rings (SSSR count). The van der Waals surface area contributed by atoms with Crippen LogP contribution in [0.3, 0.4) is 0 Å². The molecule has 0 aliphatic heterocycles. The molecule has 2 aromatic heterocycles. The molecule has 0 unspecified atom stereocenters. The molecular weight excluding hydrogens is 423 g/mol. The third kappa shape index (κ3) is 4.76. The van der Waals surface area contributed by atoms with Gasteiger partial charge >= 0.3 is 0 Å². The number of carbonyl (C=O) groups is 1. The molecule has 0 bridgehead atoms. The zero-order valence-corrected chi connectivity index (χ0v) is 18.8. The van der Waals surface area contributed by atoms with E-state index in [1.807, 2.05) is 24.6 Å². The van der Waals surface area contributed by atoms with E-state index >= 15 is 0 Å². The number of nitrogens with one attached hydrogen (secondary N) is 3. The molecule has 1 aliphatic rings. The van der Waals surface area contributed by atoms with E-state index in [1.165, 1.54) is 17.1 Å². The van der Waals surface area contributed by atoms with Crippen molar-refractivity contribution in [2.45, 2.75) is 39.5 Å². The second-order valence-corrected chi connectivity index (χ2v) is 8.44. The first-order valence-corrected chi connectivity index (χ1v) is 10.8. The second-order valence-electron chi connectivity index (χ2n) is 8.44. The lowest BCUT2D eigenvalue weighted by atomic mass is 10.1. The van der Waals surface area contributed by atoms with Crippen molar-refractivity contribution in [3.63, 3.8) is 0 Å². The Bertz CT molecular complexity index is 1210. The molecule has 1 saturated carbocycles. The summed E-state index contributed by atoms with van der Waals surface area (Å²) in [6.07, 6.45) is 5.89. The second kappa shape index (κ2) is 9.08. The van der Waals surface area contributed by atoms with E-state index in [0.29, 0.717) is 23.0 Å². The topological polar surface area (TPSA) is 125 Å². The number of rotatable bonds is 7. The fraction of sp³-hybridized carbons (Fsp3) is 0.304. The lowest BCUT2D eigenvalue weighted by Gasteiger charge is -2.24. The number of aryl methyl sites for hydroxylation is 1. The number of benzene rings is 1. The van der Waals surface area contributed by atoms with E-state index in [-0.39, 0.29) is 24.6 Å². The first-order chi connectivity index (χ1) is 15.8. The summed E-state index contributed by atoms with van der Waals surface area (Å²) in [6, 6.07) is 7.75. The molecule has 5 N–H and O–H groups in total. The number of hydrogen-bond acceptors (Lipinski definition) is 6. The van der Waals surface area contributed by atoms with Gasteiger partial charge in [0.15, 0.2) is 5.82 Å². The average Bonchev–Trinajstić information content (AvgIpc) is 3.51. The fourth-order valence-electron chi connectivity index (χ4n) is 3.49. The van der Waals surface area contributed by atoms with Gasteiger partial charge in [0.1, 0.15) is 17.5 Å². The normalized spacial score (nSPS) is 13.3. The molecule has 0 saturated heterocycles. The lowest BCUT2D eigenvalue weighted by Crippen LogP contribution is -2.49. The van der Waals surface area contributed by atoms with Gasteiger partial charge in [0.25, 0.3) is 5.91 Å². The summed E-state index contributed by atoms with van der Waals surface area (Å²) in [5.41, 5.74) is 4.72. The van der Waals surface area contributed by atoms with Crippen molar-refractivity contribution in [2.75, 3.05) is 10.3 Å². The summed E-state index contributed by atoms with van der Waals surface area (Å²) in [4.78, 5) is 21.7. The van der Waals surface area contributed by atoms with Gasteiger partial charge in [-0.25, -0.2) is 19.4 Å². The van der Waals surface area contributed by atoms with Gasteiger partial charge < -0.3 is 9.88 Å². The predicted octanol–water partition coefficient (Wildman–Crippen LogP) is 3.91. The van der Waals surface area contributed by atoms with Gasteiger partial charge in [0, 0.05) is 19.5 Å². The molecule has 1 aromatic carbocycles. The van der Waals surface area contributed by atoms with Gasteiger partial charge in [-0.1, -0.05) is 19.9 Å². The van der Waals surface area contributed by atoms with Crippen molar-refractivity contribution in [1.29, 1.82) is 5.41 Å². The number of nitrogens with two attached hydrogens (primary N) is 1. The number of hydrazine groups is 2. The first kappa shape index (κ1) is 22.6. The maximum Gasteiger partial charge on any atom is 0.259 e. The molecule has 10 heteroatoms. The predicted molar refractivity (Wildman–Crippen MR) is 127 cm³/mol.